The first-order valence-electron chi connectivity index (χ1n) is 7.46. The summed E-state index contributed by atoms with van der Waals surface area (Å²) in [6, 6.07) is 14.8. The van der Waals surface area contributed by atoms with Gasteiger partial charge in [0.05, 0.1) is 6.54 Å². The van der Waals surface area contributed by atoms with Crippen LogP contribution in [0.3, 0.4) is 0 Å². The van der Waals surface area contributed by atoms with Crippen LogP contribution in [0.2, 0.25) is 0 Å². The zero-order chi connectivity index (χ0) is 16.6. The molecule has 5 nitrogen and oxygen atoms in total. The van der Waals surface area contributed by atoms with E-state index in [1.165, 1.54) is 0 Å². The third-order valence-corrected chi connectivity index (χ3v) is 4.32. The molecule has 0 spiro atoms. The van der Waals surface area contributed by atoms with Crippen LogP contribution in [0.4, 0.5) is 5.69 Å². The number of primary amides is 1. The number of nitrogens with zero attached hydrogens (tertiary/aromatic N) is 1. The fraction of sp³-hybridized carbons (Fsp3) is 0.222. The molecule has 3 rings (SSSR count). The van der Waals surface area contributed by atoms with E-state index in [2.05, 4.69) is 0 Å². The van der Waals surface area contributed by atoms with Gasteiger partial charge in [-0.1, -0.05) is 37.3 Å². The lowest BCUT2D eigenvalue weighted by molar-refractivity contribution is -0.126. The second-order valence-corrected chi connectivity index (χ2v) is 5.78. The van der Waals surface area contributed by atoms with Gasteiger partial charge in [-0.25, -0.2) is 0 Å². The first-order chi connectivity index (χ1) is 11.0. The molecule has 2 aromatic rings. The highest BCUT2D eigenvalue weighted by Crippen LogP contribution is 2.29. The summed E-state index contributed by atoms with van der Waals surface area (Å²) in [5.74, 6) is -1.15. The molecule has 0 bridgehead atoms. The lowest BCUT2D eigenvalue weighted by Gasteiger charge is -2.19. The molecule has 0 saturated heterocycles. The van der Waals surface area contributed by atoms with Crippen molar-refractivity contribution < 1.29 is 14.7 Å². The Labute approximate surface area is 134 Å². The van der Waals surface area contributed by atoms with Gasteiger partial charge < -0.3 is 15.7 Å². The highest BCUT2D eigenvalue weighted by Gasteiger charge is 2.28. The molecule has 3 N–H and O–H groups in total. The van der Waals surface area contributed by atoms with Crippen LogP contribution in [0, 0.1) is 0 Å². The number of fused-ring (bicyclic) bond motifs is 1. The Kier molecular flexibility index (Phi) is 3.88. The summed E-state index contributed by atoms with van der Waals surface area (Å²) >= 11 is 0. The van der Waals surface area contributed by atoms with E-state index in [4.69, 9.17) is 5.73 Å². The van der Waals surface area contributed by atoms with Crippen molar-refractivity contribution in [2.24, 2.45) is 5.73 Å². The number of aliphatic hydroxyl groups is 1. The van der Waals surface area contributed by atoms with Gasteiger partial charge in [0.1, 0.15) is 6.10 Å². The van der Waals surface area contributed by atoms with Gasteiger partial charge in [-0.3, -0.25) is 9.59 Å². The van der Waals surface area contributed by atoms with Crippen LogP contribution < -0.4 is 10.6 Å². The molecular weight excluding hydrogens is 292 g/mol. The van der Waals surface area contributed by atoms with Crippen molar-refractivity contribution in [2.75, 3.05) is 4.90 Å². The average molecular weight is 310 g/mol. The van der Waals surface area contributed by atoms with E-state index < -0.39 is 17.9 Å². The number of aliphatic hydroxyl groups excluding tert-OH is 1. The van der Waals surface area contributed by atoms with E-state index in [-0.39, 0.29) is 5.91 Å². The molecule has 0 radical (unpaired) electrons. The smallest absolute Gasteiger partial charge is 0.258 e. The number of carbonyl (C=O) groups is 2. The lowest BCUT2D eigenvalue weighted by atomic mass is 9.95. The summed E-state index contributed by atoms with van der Waals surface area (Å²) in [5, 5.41) is 9.75. The van der Waals surface area contributed by atoms with Crippen molar-refractivity contribution in [2.45, 2.75) is 25.5 Å². The maximum Gasteiger partial charge on any atom is 0.258 e. The summed E-state index contributed by atoms with van der Waals surface area (Å²) < 4.78 is 0. The summed E-state index contributed by atoms with van der Waals surface area (Å²) in [7, 11) is 0. The Morgan fingerprint density at radius 2 is 1.83 bits per heavy atom. The van der Waals surface area contributed by atoms with Crippen molar-refractivity contribution in [1.29, 1.82) is 0 Å². The van der Waals surface area contributed by atoms with Gasteiger partial charge in [0.2, 0.25) is 5.91 Å². The molecule has 2 amide bonds. The Balaban J connectivity index is 1.82. The van der Waals surface area contributed by atoms with E-state index in [1.807, 2.05) is 48.5 Å². The number of carbonyl (C=O) groups excluding carboxylic acids is 2. The quantitative estimate of drug-likeness (QED) is 0.903. The van der Waals surface area contributed by atoms with Crippen molar-refractivity contribution in [3.8, 4) is 0 Å². The van der Waals surface area contributed by atoms with Crippen LogP contribution >= 0.6 is 0 Å². The van der Waals surface area contributed by atoms with Crippen molar-refractivity contribution in [1.82, 2.24) is 0 Å². The van der Waals surface area contributed by atoms with Gasteiger partial charge in [-0.15, -0.1) is 0 Å². The molecule has 0 aromatic heterocycles. The van der Waals surface area contributed by atoms with E-state index in [0.29, 0.717) is 6.54 Å². The number of hydrogen-bond donors (Lipinski definition) is 2. The molecular formula is C18H18N2O3. The van der Waals surface area contributed by atoms with Gasteiger partial charge in [-0.05, 0) is 29.3 Å². The summed E-state index contributed by atoms with van der Waals surface area (Å²) in [6.07, 6.45) is -1.22. The Morgan fingerprint density at radius 3 is 2.43 bits per heavy atom. The largest absolute Gasteiger partial charge is 0.383 e. The van der Waals surface area contributed by atoms with E-state index in [0.717, 1.165) is 22.4 Å². The number of hydrogen-bond acceptors (Lipinski definition) is 3. The molecule has 2 unspecified atom stereocenters. The minimum Gasteiger partial charge on any atom is -0.383 e. The fourth-order valence-corrected chi connectivity index (χ4v) is 2.85. The zero-order valence-corrected chi connectivity index (χ0v) is 12.8. The number of anilines is 1. The molecule has 0 saturated carbocycles. The maximum atomic E-state index is 12.4. The Hall–Kier alpha value is -2.66. The molecule has 118 valence electrons. The topological polar surface area (TPSA) is 83.6 Å². The number of benzene rings is 2. The first kappa shape index (κ1) is 15.2. The van der Waals surface area contributed by atoms with E-state index in [9.17, 15) is 14.7 Å². The van der Waals surface area contributed by atoms with Crippen molar-refractivity contribution >= 4 is 17.5 Å². The fourth-order valence-electron chi connectivity index (χ4n) is 2.85. The minimum atomic E-state index is -1.22. The van der Waals surface area contributed by atoms with Crippen molar-refractivity contribution in [3.63, 3.8) is 0 Å². The molecule has 1 aliphatic rings. The predicted molar refractivity (Wildman–Crippen MR) is 87.0 cm³/mol. The van der Waals surface area contributed by atoms with Crippen LogP contribution in [0.15, 0.2) is 48.5 Å². The Morgan fingerprint density at radius 1 is 1.17 bits per heavy atom. The predicted octanol–water partition coefficient (Wildman–Crippen LogP) is 1.80. The van der Waals surface area contributed by atoms with Crippen LogP contribution in [-0.4, -0.2) is 23.0 Å². The lowest BCUT2D eigenvalue weighted by Crippen LogP contribution is -2.32. The third kappa shape index (κ3) is 2.71. The SMILES string of the molecule is CC(c1ccc(N2Cc3ccccc3C2=O)cc1)C(O)C(N)=O. The molecule has 5 heteroatoms. The summed E-state index contributed by atoms with van der Waals surface area (Å²) in [4.78, 5) is 25.2. The molecule has 0 aliphatic carbocycles. The number of rotatable bonds is 4. The third-order valence-electron chi connectivity index (χ3n) is 4.32. The molecule has 2 aromatic carbocycles. The normalized spacial score (nSPS) is 16.1. The average Bonchev–Trinajstić information content (AvgIpc) is 2.91. The molecule has 23 heavy (non-hydrogen) atoms. The van der Waals surface area contributed by atoms with Gasteiger partial charge in [0.15, 0.2) is 0 Å². The second kappa shape index (κ2) is 5.85. The van der Waals surface area contributed by atoms with Crippen LogP contribution in [0.25, 0.3) is 0 Å². The van der Waals surface area contributed by atoms with Gasteiger partial charge >= 0.3 is 0 Å². The zero-order valence-electron chi connectivity index (χ0n) is 12.8. The number of nitrogens with two attached hydrogens (primary N) is 1. The molecule has 1 heterocycles. The van der Waals surface area contributed by atoms with Gasteiger partial charge in [0, 0.05) is 17.2 Å². The van der Waals surface area contributed by atoms with Crippen LogP contribution in [-0.2, 0) is 11.3 Å². The maximum absolute atomic E-state index is 12.4. The highest BCUT2D eigenvalue weighted by molar-refractivity contribution is 6.09. The van der Waals surface area contributed by atoms with E-state index in [1.54, 1.807) is 11.8 Å². The van der Waals surface area contributed by atoms with Crippen molar-refractivity contribution in [3.05, 3.63) is 65.2 Å². The van der Waals surface area contributed by atoms with Gasteiger partial charge in [-0.2, -0.15) is 0 Å². The Bertz CT molecular complexity index is 755. The first-order valence-corrected chi connectivity index (χ1v) is 7.46. The van der Waals surface area contributed by atoms with Crippen LogP contribution in [0.1, 0.15) is 34.3 Å². The second-order valence-electron chi connectivity index (χ2n) is 5.78. The monoisotopic (exact) mass is 310 g/mol. The number of amides is 2. The highest BCUT2D eigenvalue weighted by atomic mass is 16.3. The molecule has 0 fully saturated rings. The summed E-state index contributed by atoms with van der Waals surface area (Å²) in [5.41, 5.74) is 8.46. The molecule has 2 atom stereocenters. The van der Waals surface area contributed by atoms with Gasteiger partial charge in [0.25, 0.3) is 5.91 Å². The van der Waals surface area contributed by atoms with E-state index >= 15 is 0 Å². The molecule has 1 aliphatic heterocycles. The standard InChI is InChI=1S/C18H18N2O3/c1-11(16(21)17(19)22)12-6-8-14(9-7-12)20-10-13-4-2-3-5-15(13)18(20)23/h2-9,11,16,21H,10H2,1H3,(H2,19,22). The van der Waals surface area contributed by atoms with Crippen LogP contribution in [0.5, 0.6) is 0 Å². The minimum absolute atomic E-state index is 0.0152. The summed E-state index contributed by atoms with van der Waals surface area (Å²) in [6.45, 7) is 2.29.